The van der Waals surface area contributed by atoms with Crippen LogP contribution in [-0.2, 0) is 13.0 Å². The average Bonchev–Trinajstić information content (AvgIpc) is 2.67. The number of thioether (sulfide) groups is 1. The van der Waals surface area contributed by atoms with Crippen LogP contribution in [0.15, 0.2) is 4.47 Å². The van der Waals surface area contributed by atoms with Crippen LogP contribution < -0.4 is 5.73 Å². The van der Waals surface area contributed by atoms with Gasteiger partial charge >= 0.3 is 0 Å². The maximum absolute atomic E-state index is 6.37. The number of hydrogen-bond acceptors (Lipinski definition) is 3. The molecule has 1 unspecified atom stereocenters. The van der Waals surface area contributed by atoms with Crippen LogP contribution >= 0.6 is 27.7 Å². The minimum atomic E-state index is 0.255. The molecule has 1 saturated heterocycles. The van der Waals surface area contributed by atoms with Crippen molar-refractivity contribution in [3.05, 3.63) is 15.9 Å². The van der Waals surface area contributed by atoms with Crippen LogP contribution in [0.5, 0.6) is 0 Å². The summed E-state index contributed by atoms with van der Waals surface area (Å²) in [6, 6.07) is 0.255. The second-order valence-corrected chi connectivity index (χ2v) is 7.44. The predicted octanol–water partition coefficient (Wildman–Crippen LogP) is 3.38. The summed E-state index contributed by atoms with van der Waals surface area (Å²) < 4.78 is 3.22. The maximum atomic E-state index is 6.37. The molecule has 108 valence electrons. The van der Waals surface area contributed by atoms with Gasteiger partial charge in [0, 0.05) is 19.0 Å². The van der Waals surface area contributed by atoms with Crippen molar-refractivity contribution in [2.45, 2.75) is 52.1 Å². The molecule has 2 heterocycles. The summed E-state index contributed by atoms with van der Waals surface area (Å²) in [6.07, 6.45) is 4.76. The summed E-state index contributed by atoms with van der Waals surface area (Å²) in [6.45, 7) is 5.09. The van der Waals surface area contributed by atoms with E-state index in [1.807, 2.05) is 6.92 Å². The number of halogens is 1. The molecule has 0 saturated carbocycles. The lowest BCUT2D eigenvalue weighted by atomic mass is 9.92. The number of rotatable bonds is 5. The van der Waals surface area contributed by atoms with Crippen LogP contribution in [0.25, 0.3) is 0 Å². The molecule has 19 heavy (non-hydrogen) atoms. The minimum Gasteiger partial charge on any atom is -0.327 e. The van der Waals surface area contributed by atoms with Gasteiger partial charge in [0.05, 0.1) is 15.9 Å². The molecule has 1 aromatic rings. The number of nitrogens with zero attached hydrogens (tertiary/aromatic N) is 2. The molecule has 1 aromatic heterocycles. The van der Waals surface area contributed by atoms with E-state index in [0.29, 0.717) is 0 Å². The fraction of sp³-hybridized carbons (Fsp3) is 0.786. The third-order valence-corrected chi connectivity index (χ3v) is 5.97. The van der Waals surface area contributed by atoms with Gasteiger partial charge in [0.1, 0.15) is 0 Å². The van der Waals surface area contributed by atoms with Crippen LogP contribution in [0.2, 0.25) is 0 Å². The second kappa shape index (κ2) is 7.14. The molecule has 2 rings (SSSR count). The van der Waals surface area contributed by atoms with Crippen molar-refractivity contribution in [3.63, 3.8) is 0 Å². The van der Waals surface area contributed by atoms with E-state index < -0.39 is 0 Å². The van der Waals surface area contributed by atoms with E-state index in [1.54, 1.807) is 0 Å². The molecule has 2 N–H and O–H groups in total. The van der Waals surface area contributed by atoms with Crippen LogP contribution in [0.3, 0.4) is 0 Å². The molecular formula is C14H24BrN3S. The number of aromatic nitrogens is 2. The Morgan fingerprint density at radius 3 is 2.79 bits per heavy atom. The van der Waals surface area contributed by atoms with E-state index in [0.717, 1.165) is 35.5 Å². The average molecular weight is 346 g/mol. The van der Waals surface area contributed by atoms with Gasteiger partial charge in [-0.2, -0.15) is 16.9 Å². The molecule has 0 aromatic carbocycles. The molecule has 0 radical (unpaired) electrons. The molecule has 1 aliphatic heterocycles. The summed E-state index contributed by atoms with van der Waals surface area (Å²) in [5, 5.41) is 4.54. The van der Waals surface area contributed by atoms with E-state index >= 15 is 0 Å². The van der Waals surface area contributed by atoms with Crippen molar-refractivity contribution in [1.29, 1.82) is 0 Å². The first-order chi connectivity index (χ1) is 9.11. The van der Waals surface area contributed by atoms with Crippen LogP contribution in [-0.4, -0.2) is 27.3 Å². The highest BCUT2D eigenvalue weighted by Crippen LogP contribution is 2.28. The van der Waals surface area contributed by atoms with Crippen molar-refractivity contribution in [3.8, 4) is 0 Å². The number of aryl methyl sites for hydroxylation is 2. The summed E-state index contributed by atoms with van der Waals surface area (Å²) in [4.78, 5) is 0. The minimum absolute atomic E-state index is 0.255. The highest BCUT2D eigenvalue weighted by Gasteiger charge is 2.20. The van der Waals surface area contributed by atoms with Gasteiger partial charge in [-0.1, -0.05) is 0 Å². The third-order valence-electron chi connectivity index (χ3n) is 3.89. The fourth-order valence-electron chi connectivity index (χ4n) is 2.81. The lowest BCUT2D eigenvalue weighted by molar-refractivity contribution is 0.400. The van der Waals surface area contributed by atoms with E-state index in [2.05, 4.69) is 44.4 Å². The van der Waals surface area contributed by atoms with Crippen molar-refractivity contribution in [2.24, 2.45) is 11.7 Å². The Morgan fingerprint density at radius 1 is 1.47 bits per heavy atom. The van der Waals surface area contributed by atoms with Crippen LogP contribution in [0.1, 0.15) is 37.6 Å². The van der Waals surface area contributed by atoms with Crippen molar-refractivity contribution < 1.29 is 0 Å². The first kappa shape index (κ1) is 15.4. The Morgan fingerprint density at radius 2 is 2.16 bits per heavy atom. The van der Waals surface area contributed by atoms with Crippen molar-refractivity contribution >= 4 is 27.7 Å². The number of hydrogen-bond donors (Lipinski definition) is 1. The van der Waals surface area contributed by atoms with Crippen molar-refractivity contribution in [1.82, 2.24) is 9.78 Å². The van der Waals surface area contributed by atoms with Gasteiger partial charge in [-0.25, -0.2) is 0 Å². The zero-order chi connectivity index (χ0) is 13.8. The highest BCUT2D eigenvalue weighted by molar-refractivity contribution is 9.10. The van der Waals surface area contributed by atoms with Gasteiger partial charge in [-0.3, -0.25) is 4.68 Å². The first-order valence-corrected chi connectivity index (χ1v) is 9.11. The molecule has 3 nitrogen and oxygen atoms in total. The molecule has 1 fully saturated rings. The molecule has 0 bridgehead atoms. The lowest BCUT2D eigenvalue weighted by Crippen LogP contribution is -2.28. The van der Waals surface area contributed by atoms with E-state index in [1.165, 1.54) is 30.0 Å². The van der Waals surface area contributed by atoms with Gasteiger partial charge in [0.15, 0.2) is 0 Å². The summed E-state index contributed by atoms with van der Waals surface area (Å²) in [5.74, 6) is 3.45. The monoisotopic (exact) mass is 345 g/mol. The normalized spacial score (nSPS) is 18.7. The molecule has 0 spiro atoms. The largest absolute Gasteiger partial charge is 0.327 e. The summed E-state index contributed by atoms with van der Waals surface area (Å²) in [7, 11) is 0. The lowest BCUT2D eigenvalue weighted by Gasteiger charge is -2.24. The maximum Gasteiger partial charge on any atom is 0.0738 e. The molecule has 0 aliphatic carbocycles. The van der Waals surface area contributed by atoms with Crippen molar-refractivity contribution in [2.75, 3.05) is 11.5 Å². The fourth-order valence-corrected chi connectivity index (χ4v) is 4.46. The number of nitrogens with two attached hydrogens (primary N) is 1. The van der Waals surface area contributed by atoms with E-state index in [9.17, 15) is 0 Å². The zero-order valence-electron chi connectivity index (χ0n) is 11.9. The predicted molar refractivity (Wildman–Crippen MR) is 86.7 cm³/mol. The Bertz CT molecular complexity index is 413. The first-order valence-electron chi connectivity index (χ1n) is 7.17. The summed E-state index contributed by atoms with van der Waals surface area (Å²) >= 11 is 5.73. The molecule has 1 aliphatic rings. The Balaban J connectivity index is 1.96. The topological polar surface area (TPSA) is 43.8 Å². The van der Waals surface area contributed by atoms with Gasteiger partial charge in [-0.05, 0) is 66.5 Å². The quantitative estimate of drug-likeness (QED) is 0.889. The molecule has 5 heteroatoms. The van der Waals surface area contributed by atoms with E-state index in [-0.39, 0.29) is 6.04 Å². The second-order valence-electron chi connectivity index (χ2n) is 5.42. The van der Waals surface area contributed by atoms with Crippen LogP contribution in [0.4, 0.5) is 0 Å². The standard InChI is InChI=1S/C14H24BrN3S/c1-3-18-13(14(15)10(2)17-18)9-12(16)8-11-4-6-19-7-5-11/h11-12H,3-9,16H2,1-2H3. The van der Waals surface area contributed by atoms with Gasteiger partial charge in [-0.15, -0.1) is 0 Å². The van der Waals surface area contributed by atoms with Gasteiger partial charge in [0.2, 0.25) is 0 Å². The Kier molecular flexibility index (Phi) is 5.78. The molecular weight excluding hydrogens is 322 g/mol. The molecule has 0 amide bonds. The zero-order valence-corrected chi connectivity index (χ0v) is 14.3. The third kappa shape index (κ3) is 3.99. The Labute approximate surface area is 128 Å². The Hall–Kier alpha value is -0.0000000000000000555. The summed E-state index contributed by atoms with van der Waals surface area (Å²) in [5.41, 5.74) is 8.70. The van der Waals surface area contributed by atoms with Gasteiger partial charge < -0.3 is 5.73 Å². The van der Waals surface area contributed by atoms with E-state index in [4.69, 9.17) is 5.73 Å². The SMILES string of the molecule is CCn1nc(C)c(Br)c1CC(N)CC1CCSCC1. The van der Waals surface area contributed by atoms with Gasteiger partial charge in [0.25, 0.3) is 0 Å². The van der Waals surface area contributed by atoms with Crippen LogP contribution in [0, 0.1) is 12.8 Å². The smallest absolute Gasteiger partial charge is 0.0738 e. The molecule has 1 atom stereocenters. The highest BCUT2D eigenvalue weighted by atomic mass is 79.9.